The Hall–Kier alpha value is -3.30. The molecule has 1 atom stereocenters. The maximum Gasteiger partial charge on any atom is 0.241 e. The van der Waals surface area contributed by atoms with Crippen LogP contribution in [-0.2, 0) is 14.4 Å². The molecule has 2 rings (SSSR count). The van der Waals surface area contributed by atoms with Crippen LogP contribution in [0.4, 0.5) is 0 Å². The minimum Gasteiger partial charge on any atom is -0.496 e. The molecule has 10 nitrogen and oxygen atoms in total. The second kappa shape index (κ2) is 7.94. The van der Waals surface area contributed by atoms with Crippen LogP contribution in [0, 0.1) is 0 Å². The van der Waals surface area contributed by atoms with Crippen LogP contribution in [0.15, 0.2) is 17.2 Å². The van der Waals surface area contributed by atoms with Gasteiger partial charge in [-0.25, -0.2) is 5.01 Å². The molecule has 0 radical (unpaired) electrons. The molecule has 1 aliphatic heterocycles. The maximum atomic E-state index is 12.3. The van der Waals surface area contributed by atoms with Gasteiger partial charge in [-0.3, -0.25) is 24.6 Å². The summed E-state index contributed by atoms with van der Waals surface area (Å²) in [6.07, 6.45) is -0.961. The Balaban J connectivity index is 2.67. The summed E-state index contributed by atoms with van der Waals surface area (Å²) >= 11 is 0. The van der Waals surface area contributed by atoms with Crippen LogP contribution in [0.5, 0.6) is 17.2 Å². The van der Waals surface area contributed by atoms with Crippen molar-refractivity contribution in [1.82, 2.24) is 15.2 Å². The number of methoxy groups -OCH3 is 3. The molecule has 0 aliphatic carbocycles. The van der Waals surface area contributed by atoms with E-state index in [9.17, 15) is 14.4 Å². The Labute approximate surface area is 156 Å². The molecule has 0 saturated heterocycles. The molecule has 1 unspecified atom stereocenters. The first-order valence-corrected chi connectivity index (χ1v) is 8.00. The Bertz CT molecular complexity index is 807. The lowest BCUT2D eigenvalue weighted by atomic mass is 10.1. The summed E-state index contributed by atoms with van der Waals surface area (Å²) in [4.78, 5) is 37.2. The fourth-order valence-electron chi connectivity index (χ4n) is 2.76. The van der Waals surface area contributed by atoms with Crippen molar-refractivity contribution in [2.45, 2.75) is 26.9 Å². The largest absolute Gasteiger partial charge is 0.496 e. The topological polar surface area (TPSA) is 110 Å². The van der Waals surface area contributed by atoms with Crippen LogP contribution in [0.1, 0.15) is 32.5 Å². The van der Waals surface area contributed by atoms with Gasteiger partial charge in [0.05, 0.1) is 21.3 Å². The average Bonchev–Trinajstić information content (AvgIpc) is 2.99. The first-order valence-electron chi connectivity index (χ1n) is 8.00. The van der Waals surface area contributed by atoms with E-state index in [0.29, 0.717) is 22.8 Å². The second-order valence-electron chi connectivity index (χ2n) is 5.68. The Morgan fingerprint density at radius 3 is 1.93 bits per heavy atom. The summed E-state index contributed by atoms with van der Waals surface area (Å²) in [6.45, 7) is 3.89. The molecule has 1 aromatic carbocycles. The molecule has 0 saturated carbocycles. The van der Waals surface area contributed by atoms with Crippen molar-refractivity contribution >= 4 is 23.7 Å². The third-order valence-corrected chi connectivity index (χ3v) is 3.87. The normalized spacial score (nSPS) is 15.9. The van der Waals surface area contributed by atoms with Crippen LogP contribution in [0.2, 0.25) is 0 Å². The lowest BCUT2D eigenvalue weighted by Crippen LogP contribution is -2.45. The first-order chi connectivity index (χ1) is 12.7. The molecule has 146 valence electrons. The Morgan fingerprint density at radius 1 is 0.926 bits per heavy atom. The lowest BCUT2D eigenvalue weighted by molar-refractivity contribution is -0.136. The molecule has 0 aromatic heterocycles. The number of nitrogens with one attached hydrogen (secondary N) is 1. The summed E-state index contributed by atoms with van der Waals surface area (Å²) in [7, 11) is 4.40. The molecule has 27 heavy (non-hydrogen) atoms. The van der Waals surface area contributed by atoms with Crippen molar-refractivity contribution in [3.8, 4) is 17.2 Å². The van der Waals surface area contributed by atoms with E-state index in [1.54, 1.807) is 12.1 Å². The summed E-state index contributed by atoms with van der Waals surface area (Å²) in [5, 5.41) is 7.67. The van der Waals surface area contributed by atoms with Gasteiger partial charge in [0.25, 0.3) is 0 Å². The monoisotopic (exact) mass is 378 g/mol. The zero-order valence-electron chi connectivity index (χ0n) is 16.0. The minimum absolute atomic E-state index is 0.0490. The average molecular weight is 378 g/mol. The smallest absolute Gasteiger partial charge is 0.241 e. The van der Waals surface area contributed by atoms with Crippen molar-refractivity contribution in [3.63, 3.8) is 0 Å². The molecule has 10 heteroatoms. The quantitative estimate of drug-likeness (QED) is 0.831. The number of guanidine groups is 1. The highest BCUT2D eigenvalue weighted by molar-refractivity contribution is 6.05. The Kier molecular flexibility index (Phi) is 5.88. The van der Waals surface area contributed by atoms with E-state index in [1.165, 1.54) is 47.0 Å². The number of carbonyl (C=O) groups is 3. The zero-order chi connectivity index (χ0) is 20.3. The molecule has 3 amide bonds. The van der Waals surface area contributed by atoms with Crippen LogP contribution in [-0.4, -0.2) is 54.9 Å². The van der Waals surface area contributed by atoms with Gasteiger partial charge in [-0.15, -0.1) is 5.10 Å². The van der Waals surface area contributed by atoms with Crippen LogP contribution in [0.25, 0.3) is 0 Å². The molecule has 1 N–H and O–H groups in total. The van der Waals surface area contributed by atoms with Gasteiger partial charge in [0.2, 0.25) is 23.7 Å². The van der Waals surface area contributed by atoms with Gasteiger partial charge < -0.3 is 14.2 Å². The van der Waals surface area contributed by atoms with Gasteiger partial charge in [0, 0.05) is 32.4 Å². The number of benzene rings is 1. The number of hydrogen-bond acceptors (Lipinski definition) is 7. The van der Waals surface area contributed by atoms with Crippen LogP contribution < -0.4 is 19.5 Å². The molecular weight excluding hydrogens is 356 g/mol. The second-order valence-corrected chi connectivity index (χ2v) is 5.68. The SMILES string of the molecule is COc1cc(OC)c(C2N(C(C)=O)N=C(NC(C)=O)N2C(C)=O)cc1OC. The molecule has 1 heterocycles. The number of ether oxygens (including phenoxy) is 3. The number of hydrazone groups is 1. The van der Waals surface area contributed by atoms with E-state index in [4.69, 9.17) is 14.2 Å². The summed E-state index contributed by atoms with van der Waals surface area (Å²) < 4.78 is 16.0. The van der Waals surface area contributed by atoms with E-state index in [2.05, 4.69) is 10.4 Å². The van der Waals surface area contributed by atoms with Crippen molar-refractivity contribution in [2.75, 3.05) is 21.3 Å². The molecule has 1 aromatic rings. The first kappa shape index (κ1) is 20.0. The van der Waals surface area contributed by atoms with Crippen LogP contribution >= 0.6 is 0 Å². The van der Waals surface area contributed by atoms with E-state index >= 15 is 0 Å². The summed E-state index contributed by atoms with van der Waals surface area (Å²) in [6, 6.07) is 3.18. The molecule has 0 bridgehead atoms. The fourth-order valence-corrected chi connectivity index (χ4v) is 2.76. The molecular formula is C17H22N4O6. The standard InChI is InChI=1S/C17H22N4O6/c1-9(22)18-17-19-21(11(3)24)16(20(17)10(2)23)12-7-14(26-5)15(27-6)8-13(12)25-4/h7-8,16H,1-6H3,(H,18,19,22). The van der Waals surface area contributed by atoms with Crippen molar-refractivity contribution < 1.29 is 28.6 Å². The maximum absolute atomic E-state index is 12.3. The molecule has 0 spiro atoms. The third-order valence-electron chi connectivity index (χ3n) is 3.87. The summed E-state index contributed by atoms with van der Waals surface area (Å²) in [5.41, 5.74) is 0.435. The van der Waals surface area contributed by atoms with Gasteiger partial charge in [-0.05, 0) is 6.07 Å². The molecule has 0 fully saturated rings. The van der Waals surface area contributed by atoms with Gasteiger partial charge in [0.1, 0.15) is 5.75 Å². The van der Waals surface area contributed by atoms with E-state index in [1.807, 2.05) is 0 Å². The van der Waals surface area contributed by atoms with E-state index < -0.39 is 23.9 Å². The van der Waals surface area contributed by atoms with Crippen molar-refractivity contribution in [1.29, 1.82) is 0 Å². The third kappa shape index (κ3) is 3.78. The predicted octanol–water partition coefficient (Wildman–Crippen LogP) is 0.829. The van der Waals surface area contributed by atoms with E-state index in [0.717, 1.165) is 5.01 Å². The lowest BCUT2D eigenvalue weighted by Gasteiger charge is -2.29. The van der Waals surface area contributed by atoms with Crippen molar-refractivity contribution in [3.05, 3.63) is 17.7 Å². The summed E-state index contributed by atoms with van der Waals surface area (Å²) in [5.74, 6) is -0.169. The van der Waals surface area contributed by atoms with Crippen molar-refractivity contribution in [2.24, 2.45) is 5.10 Å². The number of amides is 3. The number of nitrogens with zero attached hydrogens (tertiary/aromatic N) is 3. The minimum atomic E-state index is -0.961. The highest BCUT2D eigenvalue weighted by atomic mass is 16.5. The predicted molar refractivity (Wildman–Crippen MR) is 95.1 cm³/mol. The number of carbonyl (C=O) groups excluding carboxylic acids is 3. The molecule has 1 aliphatic rings. The van der Waals surface area contributed by atoms with Crippen LogP contribution in [0.3, 0.4) is 0 Å². The zero-order valence-corrected chi connectivity index (χ0v) is 16.0. The van der Waals surface area contributed by atoms with Gasteiger partial charge in [0.15, 0.2) is 17.7 Å². The van der Waals surface area contributed by atoms with E-state index in [-0.39, 0.29) is 5.96 Å². The highest BCUT2D eigenvalue weighted by Gasteiger charge is 2.42. The fraction of sp³-hybridized carbons (Fsp3) is 0.412. The highest BCUT2D eigenvalue weighted by Crippen LogP contribution is 2.42. The number of hydrogen-bond donors (Lipinski definition) is 1. The van der Waals surface area contributed by atoms with Gasteiger partial charge >= 0.3 is 0 Å². The van der Waals surface area contributed by atoms with Gasteiger partial charge in [-0.1, -0.05) is 0 Å². The Morgan fingerprint density at radius 2 is 1.48 bits per heavy atom. The number of rotatable bonds is 4. The van der Waals surface area contributed by atoms with Gasteiger partial charge in [-0.2, -0.15) is 0 Å².